The Morgan fingerprint density at radius 3 is 1.60 bits per heavy atom. The molecule has 0 N–H and O–H groups in total. The number of amides is 2. The van der Waals surface area contributed by atoms with Crippen molar-refractivity contribution in [3.05, 3.63) is 67.2 Å². The highest BCUT2D eigenvalue weighted by molar-refractivity contribution is 14.2. The van der Waals surface area contributed by atoms with E-state index in [1.54, 1.807) is 9.80 Å². The first-order valence-corrected chi connectivity index (χ1v) is 23.0. The molecule has 6 rings (SSSR count). The Morgan fingerprint density at radius 1 is 0.737 bits per heavy atom. The third-order valence-corrected chi connectivity index (χ3v) is 14.8. The molecular formula is C45H58BrIN2O8. The molecule has 2 amide bonds. The molecule has 2 aliphatic carbocycles. The summed E-state index contributed by atoms with van der Waals surface area (Å²) >= 11 is 2.81. The predicted molar refractivity (Wildman–Crippen MR) is 233 cm³/mol. The lowest BCUT2D eigenvalue weighted by Gasteiger charge is -2.44. The highest BCUT2D eigenvalue weighted by atomic mass is 127. The van der Waals surface area contributed by atoms with Gasteiger partial charge < -0.3 is 19.3 Å². The summed E-state index contributed by atoms with van der Waals surface area (Å²) in [6.45, 7) is 17.3. The van der Waals surface area contributed by atoms with E-state index in [2.05, 4.69) is 22.9 Å². The zero-order valence-electron chi connectivity index (χ0n) is 34.7. The second-order valence-electron chi connectivity index (χ2n) is 18.2. The number of carbonyl (C=O) groups is 6. The van der Waals surface area contributed by atoms with Gasteiger partial charge in [0.25, 0.3) is 0 Å². The lowest BCUT2D eigenvalue weighted by molar-refractivity contribution is -0.138. The van der Waals surface area contributed by atoms with E-state index in [4.69, 9.17) is 9.47 Å². The zero-order chi connectivity index (χ0) is 41.9. The summed E-state index contributed by atoms with van der Waals surface area (Å²) in [6, 6.07) is 13.8. The first kappa shape index (κ1) is 44.8. The zero-order valence-corrected chi connectivity index (χ0v) is 38.5. The number of piperidine rings is 2. The van der Waals surface area contributed by atoms with Crippen LogP contribution in [0.25, 0.3) is 0 Å². The molecule has 12 heteroatoms. The van der Waals surface area contributed by atoms with Crippen molar-refractivity contribution in [1.29, 1.82) is 0 Å². The molecule has 4 fully saturated rings. The lowest BCUT2D eigenvalue weighted by atomic mass is 9.62. The fourth-order valence-corrected chi connectivity index (χ4v) is 11.5. The number of carbonyl (C=O) groups excluding carboxylic acids is 6. The molecular weight excluding hydrogens is 903 g/mol. The van der Waals surface area contributed by atoms with Gasteiger partial charge in [0.1, 0.15) is 28.7 Å². The lowest BCUT2D eigenvalue weighted by Crippen LogP contribution is -2.49. The molecule has 2 aromatic rings. The molecule has 0 aromatic heterocycles. The molecule has 0 unspecified atom stereocenters. The van der Waals surface area contributed by atoms with Gasteiger partial charge in [-0.25, -0.2) is 9.59 Å². The third kappa shape index (κ3) is 11.5. The fourth-order valence-electron chi connectivity index (χ4n) is 8.47. The summed E-state index contributed by atoms with van der Waals surface area (Å²) in [5.41, 5.74) is 1.30. The number of ketones is 4. The van der Waals surface area contributed by atoms with E-state index in [9.17, 15) is 28.8 Å². The molecule has 2 spiro atoms. The van der Waals surface area contributed by atoms with Crippen molar-refractivity contribution in [2.45, 2.75) is 130 Å². The number of benzene rings is 2. The summed E-state index contributed by atoms with van der Waals surface area (Å²) in [5.74, 6) is -0.556. The topological polar surface area (TPSA) is 127 Å². The predicted octanol–water partition coefficient (Wildman–Crippen LogP) is 9.30. The highest BCUT2D eigenvalue weighted by Gasteiger charge is 2.49. The number of rotatable bonds is 3. The van der Waals surface area contributed by atoms with E-state index in [1.807, 2.05) is 90.9 Å². The van der Waals surface area contributed by atoms with E-state index < -0.39 is 37.9 Å². The molecule has 57 heavy (non-hydrogen) atoms. The van der Waals surface area contributed by atoms with Crippen molar-refractivity contribution in [3.8, 4) is 0 Å². The van der Waals surface area contributed by atoms with Crippen LogP contribution in [0.2, 0.25) is 0 Å². The van der Waals surface area contributed by atoms with Gasteiger partial charge in [0.15, 0.2) is 11.6 Å². The van der Waals surface area contributed by atoms with E-state index in [0.717, 1.165) is 31.2 Å². The quantitative estimate of drug-likeness (QED) is 0.220. The van der Waals surface area contributed by atoms with Crippen molar-refractivity contribution in [1.82, 2.24) is 9.80 Å². The van der Waals surface area contributed by atoms with Gasteiger partial charge in [0.2, 0.25) is 0 Å². The van der Waals surface area contributed by atoms with Crippen LogP contribution in [-0.2, 0) is 35.1 Å². The Bertz CT molecular complexity index is 1870. The molecule has 2 aromatic carbocycles. The van der Waals surface area contributed by atoms with Crippen molar-refractivity contribution in [2.24, 2.45) is 10.8 Å². The Balaban J connectivity index is 0.000000219. The second-order valence-corrected chi connectivity index (χ2v) is 22.0. The Hall–Kier alpha value is -3.26. The van der Waals surface area contributed by atoms with Gasteiger partial charge in [-0.1, -0.05) is 61.8 Å². The molecule has 2 aliphatic heterocycles. The van der Waals surface area contributed by atoms with Crippen LogP contribution in [0.1, 0.15) is 122 Å². The fraction of sp³-hybridized carbons (Fsp3) is 0.578. The van der Waals surface area contributed by atoms with E-state index in [1.165, 1.54) is 0 Å². The van der Waals surface area contributed by atoms with Gasteiger partial charge in [-0.05, 0) is 132 Å². The number of Topliss-reactive ketones (excluding diaryl/α,β-unsaturated/α-hetero) is 4. The van der Waals surface area contributed by atoms with Crippen LogP contribution in [-0.4, -0.2) is 86.0 Å². The minimum absolute atomic E-state index is 0.0219. The van der Waals surface area contributed by atoms with Gasteiger partial charge in [-0.15, -0.1) is 0 Å². The average molecular weight is 962 g/mol. The number of ether oxygens (including phenoxy) is 2. The average Bonchev–Trinajstić information content (AvgIpc) is 3.10. The molecule has 2 saturated carbocycles. The SMILES string of the molecule is CC(C)(C)OC(=O)N1CCC2(CC1)CC(=O)C(=Ic1ccccc1)C(=O)C2.CCc1cc(Br)cc(C)c1C1C(=O)CC2(CCN(C(=O)OC(C)(C)C)CC2)CC1=O. The van der Waals surface area contributed by atoms with Crippen LogP contribution in [0.3, 0.4) is 0 Å². The smallest absolute Gasteiger partial charge is 0.410 e. The van der Waals surface area contributed by atoms with E-state index >= 15 is 0 Å². The molecule has 0 radical (unpaired) electrons. The largest absolute Gasteiger partial charge is 0.444 e. The number of nitrogens with zero attached hydrogens (tertiary/aromatic N) is 2. The molecule has 10 nitrogen and oxygen atoms in total. The summed E-state index contributed by atoms with van der Waals surface area (Å²) in [5, 5.41) is 0. The van der Waals surface area contributed by atoms with Gasteiger partial charge in [-0.2, -0.15) is 0 Å². The van der Waals surface area contributed by atoms with E-state index in [-0.39, 0.29) is 46.1 Å². The Morgan fingerprint density at radius 2 is 1.18 bits per heavy atom. The highest BCUT2D eigenvalue weighted by Crippen LogP contribution is 2.47. The van der Waals surface area contributed by atoms with E-state index in [0.29, 0.717) is 81.1 Å². The van der Waals surface area contributed by atoms with Crippen LogP contribution in [0.15, 0.2) is 46.9 Å². The first-order chi connectivity index (χ1) is 26.6. The van der Waals surface area contributed by atoms with Gasteiger partial charge >= 0.3 is 12.2 Å². The minimum atomic E-state index is -0.717. The molecule has 0 atom stereocenters. The number of halogens is 2. The normalized spacial score (nSPS) is 21.0. The number of aryl methyl sites for hydroxylation is 2. The van der Waals surface area contributed by atoms with Crippen LogP contribution in [0.5, 0.6) is 0 Å². The van der Waals surface area contributed by atoms with Crippen molar-refractivity contribution < 1.29 is 38.2 Å². The van der Waals surface area contributed by atoms with Crippen LogP contribution < -0.4 is 0 Å². The number of hydrogen-bond acceptors (Lipinski definition) is 8. The maximum absolute atomic E-state index is 13.2. The monoisotopic (exact) mass is 960 g/mol. The van der Waals surface area contributed by atoms with Gasteiger partial charge in [0, 0.05) is 59.9 Å². The number of likely N-dealkylation sites (tertiary alicyclic amines) is 2. The summed E-state index contributed by atoms with van der Waals surface area (Å²) in [6.07, 6.45) is 4.52. The van der Waals surface area contributed by atoms with Crippen molar-refractivity contribution >= 4 is 75.5 Å². The first-order valence-electron chi connectivity index (χ1n) is 20.1. The van der Waals surface area contributed by atoms with Crippen LogP contribution >= 0.6 is 36.7 Å². The van der Waals surface area contributed by atoms with Gasteiger partial charge in [-0.3, -0.25) is 19.2 Å². The maximum atomic E-state index is 13.2. The van der Waals surface area contributed by atoms with Crippen molar-refractivity contribution in [3.63, 3.8) is 0 Å². The minimum Gasteiger partial charge on any atom is -0.444 e. The standard InChI is InChI=1S/C24H32BrNO4.C21H26INO4/c1-6-16-12-17(25)11-15(2)20(16)21-18(27)13-24(14-19(21)28)7-9-26(10-8-24)22(29)30-23(3,4)5;1-20(2,3)27-19(26)23-11-9-21(10-12-23)13-16(24)18(17(25)14-21)22-15-7-5-4-6-8-15/h11-12,21H,6-10,13-14H2,1-5H3;4-8H,9-14H2,1-3H3. The Labute approximate surface area is 356 Å². The summed E-state index contributed by atoms with van der Waals surface area (Å²) in [7, 11) is 0. The van der Waals surface area contributed by atoms with Gasteiger partial charge in [0.05, 0.1) is 3.51 Å². The number of hydrogen-bond donors (Lipinski definition) is 0. The molecule has 310 valence electrons. The summed E-state index contributed by atoms with van der Waals surface area (Å²) < 4.78 is 13.5. The molecule has 2 heterocycles. The van der Waals surface area contributed by atoms with Crippen molar-refractivity contribution in [2.75, 3.05) is 26.2 Å². The molecule has 4 aliphatic rings. The van der Waals surface area contributed by atoms with Crippen LogP contribution in [0.4, 0.5) is 9.59 Å². The second kappa shape index (κ2) is 17.9. The molecule has 0 bridgehead atoms. The maximum Gasteiger partial charge on any atom is 0.410 e. The third-order valence-electron chi connectivity index (χ3n) is 11.3. The van der Waals surface area contributed by atoms with Crippen LogP contribution in [0, 0.1) is 21.3 Å². The molecule has 2 saturated heterocycles. The Kier molecular flexibility index (Phi) is 14.1. The summed E-state index contributed by atoms with van der Waals surface area (Å²) in [4.78, 5) is 80.0.